The topological polar surface area (TPSA) is 79.8 Å². The van der Waals surface area contributed by atoms with E-state index in [2.05, 4.69) is 27.5 Å². The zero-order valence-electron chi connectivity index (χ0n) is 18.3. The lowest BCUT2D eigenvalue weighted by Crippen LogP contribution is -2.32. The normalized spacial score (nSPS) is 12.2. The maximum Gasteiger partial charge on any atom is 0.280 e. The molecule has 0 aliphatic rings. The number of carbonyl (C=O) groups excluding carboxylic acids is 1. The van der Waals surface area contributed by atoms with Gasteiger partial charge in [-0.25, -0.2) is 4.68 Å². The van der Waals surface area contributed by atoms with Gasteiger partial charge in [0, 0.05) is 23.2 Å². The number of aryl methyl sites for hydroxylation is 1. The number of carbonyl (C=O) groups is 1. The molecule has 5 aromatic rings. The second-order valence-corrected chi connectivity index (χ2v) is 8.27. The summed E-state index contributed by atoms with van der Waals surface area (Å²) in [5.41, 5.74) is 3.75. The van der Waals surface area contributed by atoms with Gasteiger partial charge >= 0.3 is 0 Å². The van der Waals surface area contributed by atoms with Crippen molar-refractivity contribution in [1.29, 1.82) is 0 Å². The van der Waals surface area contributed by atoms with Crippen LogP contribution >= 0.6 is 0 Å². The molecule has 0 saturated carbocycles. The number of aromatic nitrogens is 3. The molecule has 1 unspecified atom stereocenters. The van der Waals surface area contributed by atoms with Gasteiger partial charge in [-0.15, -0.1) is 0 Å². The Bertz CT molecular complexity index is 1490. The molecule has 1 amide bonds. The Balaban J connectivity index is 1.42. The summed E-state index contributed by atoms with van der Waals surface area (Å²) in [6.45, 7) is 2.01. The number of H-pyrrole nitrogens is 1. The number of amides is 1. The van der Waals surface area contributed by atoms with Crippen molar-refractivity contribution in [3.8, 4) is 5.69 Å². The molecule has 6 nitrogen and oxygen atoms in total. The van der Waals surface area contributed by atoms with E-state index in [9.17, 15) is 9.59 Å². The molecular formula is C27H24N4O2. The molecule has 0 aliphatic carbocycles. The summed E-state index contributed by atoms with van der Waals surface area (Å²) in [4.78, 5) is 30.3. The SMILES string of the molecule is CC(CCc1ccccc1)NC(=O)c1ccc2ncc3c(=O)n(-c4ccccc4)[nH]c3c2c1. The Kier molecular flexibility index (Phi) is 5.48. The van der Waals surface area contributed by atoms with Gasteiger partial charge in [-0.2, -0.15) is 0 Å². The average molecular weight is 437 g/mol. The van der Waals surface area contributed by atoms with Gasteiger partial charge in [-0.3, -0.25) is 19.7 Å². The number of fused-ring (bicyclic) bond motifs is 3. The van der Waals surface area contributed by atoms with E-state index in [1.54, 1.807) is 18.3 Å². The van der Waals surface area contributed by atoms with E-state index in [0.29, 0.717) is 16.5 Å². The van der Waals surface area contributed by atoms with Crippen LogP contribution in [0.1, 0.15) is 29.3 Å². The van der Waals surface area contributed by atoms with E-state index in [4.69, 9.17) is 0 Å². The molecule has 0 fully saturated rings. The van der Waals surface area contributed by atoms with Gasteiger partial charge in [0.05, 0.1) is 22.1 Å². The van der Waals surface area contributed by atoms with Crippen LogP contribution in [-0.2, 0) is 6.42 Å². The molecule has 3 aromatic carbocycles. The number of rotatable bonds is 6. The molecule has 1 atom stereocenters. The Morgan fingerprint density at radius 3 is 2.48 bits per heavy atom. The standard InChI is InChI=1S/C27H24N4O2/c1-18(12-13-19-8-4-2-5-9-19)29-26(32)20-14-15-24-22(16-20)25-23(17-28-24)27(33)31(30-25)21-10-6-3-7-11-21/h2-11,14-18,30H,12-13H2,1H3,(H,29,32). The Hall–Kier alpha value is -4.19. The minimum absolute atomic E-state index is 0.0290. The van der Waals surface area contributed by atoms with E-state index in [-0.39, 0.29) is 17.5 Å². The van der Waals surface area contributed by atoms with Gasteiger partial charge in [0.1, 0.15) is 0 Å². The second kappa shape index (κ2) is 8.74. The third-order valence-electron chi connectivity index (χ3n) is 5.89. The molecule has 2 heterocycles. The van der Waals surface area contributed by atoms with Crippen LogP contribution in [0.3, 0.4) is 0 Å². The van der Waals surface area contributed by atoms with Crippen molar-refractivity contribution < 1.29 is 4.79 Å². The monoisotopic (exact) mass is 436 g/mol. The van der Waals surface area contributed by atoms with Crippen LogP contribution in [0, 0.1) is 0 Å². The molecule has 0 radical (unpaired) electrons. The van der Waals surface area contributed by atoms with Crippen molar-refractivity contribution in [3.63, 3.8) is 0 Å². The average Bonchev–Trinajstić information content (AvgIpc) is 3.20. The summed E-state index contributed by atoms with van der Waals surface area (Å²) in [6, 6.07) is 25.0. The lowest BCUT2D eigenvalue weighted by Gasteiger charge is -2.14. The highest BCUT2D eigenvalue weighted by Crippen LogP contribution is 2.22. The first-order chi connectivity index (χ1) is 16.1. The first-order valence-electron chi connectivity index (χ1n) is 11.0. The summed E-state index contributed by atoms with van der Waals surface area (Å²) in [5.74, 6) is -0.140. The van der Waals surface area contributed by atoms with Crippen LogP contribution < -0.4 is 10.9 Å². The van der Waals surface area contributed by atoms with Gasteiger partial charge in [-0.1, -0.05) is 48.5 Å². The van der Waals surface area contributed by atoms with Crippen molar-refractivity contribution in [1.82, 2.24) is 20.1 Å². The molecule has 0 aliphatic heterocycles. The van der Waals surface area contributed by atoms with Gasteiger partial charge in [0.15, 0.2) is 0 Å². The molecule has 0 bridgehead atoms. The van der Waals surface area contributed by atoms with Crippen LogP contribution in [0.4, 0.5) is 0 Å². The maximum absolute atomic E-state index is 12.9. The highest BCUT2D eigenvalue weighted by Gasteiger charge is 2.15. The number of pyridine rings is 1. The molecule has 164 valence electrons. The zero-order valence-corrected chi connectivity index (χ0v) is 18.3. The van der Waals surface area contributed by atoms with Gasteiger partial charge < -0.3 is 5.32 Å². The van der Waals surface area contributed by atoms with Crippen LogP contribution in [0.2, 0.25) is 0 Å². The summed E-state index contributed by atoms with van der Waals surface area (Å²) in [6.07, 6.45) is 3.34. The lowest BCUT2D eigenvalue weighted by molar-refractivity contribution is 0.0938. The van der Waals surface area contributed by atoms with E-state index in [0.717, 1.165) is 29.4 Å². The number of hydrogen-bond donors (Lipinski definition) is 2. The first kappa shape index (κ1) is 20.7. The third kappa shape index (κ3) is 4.15. The fraction of sp³-hybridized carbons (Fsp3) is 0.148. The van der Waals surface area contributed by atoms with Crippen LogP contribution in [0.15, 0.2) is 89.9 Å². The predicted molar refractivity (Wildman–Crippen MR) is 131 cm³/mol. The van der Waals surface area contributed by atoms with Crippen LogP contribution in [0.25, 0.3) is 27.5 Å². The number of nitrogens with one attached hydrogen (secondary N) is 2. The number of aromatic amines is 1. The fourth-order valence-corrected chi connectivity index (χ4v) is 4.07. The number of para-hydroxylation sites is 1. The Morgan fingerprint density at radius 2 is 1.73 bits per heavy atom. The predicted octanol–water partition coefficient (Wildman–Crippen LogP) is 4.62. The smallest absolute Gasteiger partial charge is 0.280 e. The highest BCUT2D eigenvalue weighted by molar-refractivity contribution is 6.06. The minimum Gasteiger partial charge on any atom is -0.350 e. The van der Waals surface area contributed by atoms with E-state index < -0.39 is 0 Å². The zero-order chi connectivity index (χ0) is 22.8. The van der Waals surface area contributed by atoms with Gasteiger partial charge in [-0.05, 0) is 55.7 Å². The molecule has 6 heteroatoms. The summed E-state index contributed by atoms with van der Waals surface area (Å²) in [7, 11) is 0. The molecule has 0 saturated heterocycles. The molecule has 2 N–H and O–H groups in total. The van der Waals surface area contributed by atoms with Gasteiger partial charge in [0.2, 0.25) is 0 Å². The summed E-state index contributed by atoms with van der Waals surface area (Å²) >= 11 is 0. The van der Waals surface area contributed by atoms with E-state index in [1.807, 2.05) is 61.5 Å². The first-order valence-corrected chi connectivity index (χ1v) is 11.0. The highest BCUT2D eigenvalue weighted by atomic mass is 16.1. The molecule has 5 rings (SSSR count). The maximum atomic E-state index is 12.9. The van der Waals surface area contributed by atoms with Gasteiger partial charge in [0.25, 0.3) is 11.5 Å². The Morgan fingerprint density at radius 1 is 1.00 bits per heavy atom. The van der Waals surface area contributed by atoms with Crippen LogP contribution in [0.5, 0.6) is 0 Å². The quantitative estimate of drug-likeness (QED) is 0.408. The molecule has 33 heavy (non-hydrogen) atoms. The third-order valence-corrected chi connectivity index (χ3v) is 5.89. The summed E-state index contributed by atoms with van der Waals surface area (Å²) < 4.78 is 1.50. The number of nitrogens with zero attached hydrogens (tertiary/aromatic N) is 2. The second-order valence-electron chi connectivity index (χ2n) is 8.27. The Labute approximate surface area is 190 Å². The van der Waals surface area contributed by atoms with Crippen LogP contribution in [-0.4, -0.2) is 26.7 Å². The minimum atomic E-state index is -0.171. The van der Waals surface area contributed by atoms with E-state index >= 15 is 0 Å². The fourth-order valence-electron chi connectivity index (χ4n) is 4.07. The largest absolute Gasteiger partial charge is 0.350 e. The van der Waals surface area contributed by atoms with E-state index in [1.165, 1.54) is 10.2 Å². The number of hydrogen-bond acceptors (Lipinski definition) is 3. The lowest BCUT2D eigenvalue weighted by atomic mass is 10.1. The van der Waals surface area contributed by atoms with Crippen molar-refractivity contribution in [2.45, 2.75) is 25.8 Å². The number of benzene rings is 3. The summed E-state index contributed by atoms with van der Waals surface area (Å²) in [5, 5.41) is 7.51. The van der Waals surface area contributed by atoms with Crippen molar-refractivity contribution in [3.05, 3.63) is 107 Å². The van der Waals surface area contributed by atoms with Crippen molar-refractivity contribution in [2.24, 2.45) is 0 Å². The molecule has 0 spiro atoms. The van der Waals surface area contributed by atoms with Crippen molar-refractivity contribution >= 4 is 27.7 Å². The molecular weight excluding hydrogens is 412 g/mol. The van der Waals surface area contributed by atoms with Crippen molar-refractivity contribution in [2.75, 3.05) is 0 Å². The molecule has 2 aromatic heterocycles.